The molecule has 138 valence electrons. The highest BCUT2D eigenvalue weighted by Gasteiger charge is 2.27. The first kappa shape index (κ1) is 17.7. The van der Waals surface area contributed by atoms with Gasteiger partial charge in [0, 0.05) is 17.3 Å². The fraction of sp³-hybridized carbons (Fsp3) is 0.316. The number of hydrogen-bond donors (Lipinski definition) is 2. The number of nitrogen functional groups attached to an aromatic ring is 1. The molecule has 2 aromatic carbocycles. The van der Waals surface area contributed by atoms with E-state index in [4.69, 9.17) is 19.9 Å². The molecule has 3 N–H and O–H groups in total. The zero-order valence-corrected chi connectivity index (χ0v) is 15.0. The molecule has 3 rings (SSSR count). The minimum Gasteiger partial charge on any atom is -0.465 e. The van der Waals surface area contributed by atoms with Crippen molar-refractivity contribution in [1.82, 2.24) is 4.90 Å². The smallest absolute Gasteiger partial charge is 0.408 e. The number of nitrogens with two attached hydrogens (primary N) is 1. The molecule has 0 unspecified atom stereocenters. The van der Waals surface area contributed by atoms with Gasteiger partial charge in [0.25, 0.3) is 0 Å². The number of fused-ring (bicyclic) bond motifs is 1. The van der Waals surface area contributed by atoms with Crippen molar-refractivity contribution in [3.05, 3.63) is 42.0 Å². The number of amides is 1. The van der Waals surface area contributed by atoms with E-state index in [0.717, 1.165) is 0 Å². The van der Waals surface area contributed by atoms with Crippen LogP contribution < -0.4 is 19.9 Å². The summed E-state index contributed by atoms with van der Waals surface area (Å²) in [7, 11) is 0. The van der Waals surface area contributed by atoms with Gasteiger partial charge < -0.3 is 25.1 Å². The van der Waals surface area contributed by atoms with Gasteiger partial charge in [-0.05, 0) is 56.7 Å². The molecule has 0 aromatic heterocycles. The van der Waals surface area contributed by atoms with Gasteiger partial charge in [0.1, 0.15) is 11.5 Å². The van der Waals surface area contributed by atoms with Gasteiger partial charge in [-0.1, -0.05) is 0 Å². The first-order chi connectivity index (χ1) is 12.2. The maximum absolute atomic E-state index is 11.6. The summed E-state index contributed by atoms with van der Waals surface area (Å²) in [5, 5.41) is 9.48. The molecule has 0 bridgehead atoms. The number of carbonyl (C=O) groups is 1. The zero-order chi connectivity index (χ0) is 18.9. The molecule has 2 aromatic rings. The Morgan fingerprint density at radius 3 is 2.50 bits per heavy atom. The van der Waals surface area contributed by atoms with Crippen molar-refractivity contribution < 1.29 is 24.1 Å². The van der Waals surface area contributed by atoms with Gasteiger partial charge in [0.15, 0.2) is 11.5 Å². The highest BCUT2D eigenvalue weighted by atomic mass is 16.7. The van der Waals surface area contributed by atoms with Crippen molar-refractivity contribution >= 4 is 11.8 Å². The van der Waals surface area contributed by atoms with Crippen LogP contribution in [-0.2, 0) is 6.54 Å². The SMILES string of the molecule is CC(C)(C)N(Cc1cc(Oc2ccc3c(c2)OCO3)ccc1N)C(=O)O. The molecule has 0 fully saturated rings. The van der Waals surface area contributed by atoms with Gasteiger partial charge >= 0.3 is 6.09 Å². The van der Waals surface area contributed by atoms with Crippen molar-refractivity contribution in [2.24, 2.45) is 0 Å². The van der Waals surface area contributed by atoms with E-state index in [0.29, 0.717) is 34.2 Å². The van der Waals surface area contributed by atoms with E-state index in [1.165, 1.54) is 4.90 Å². The van der Waals surface area contributed by atoms with Crippen LogP contribution in [0.4, 0.5) is 10.5 Å². The summed E-state index contributed by atoms with van der Waals surface area (Å²) in [6, 6.07) is 10.5. The normalized spacial score (nSPS) is 12.7. The van der Waals surface area contributed by atoms with E-state index in [1.54, 1.807) is 36.4 Å². The molecule has 0 radical (unpaired) electrons. The van der Waals surface area contributed by atoms with Crippen LogP contribution >= 0.6 is 0 Å². The summed E-state index contributed by atoms with van der Waals surface area (Å²) in [4.78, 5) is 12.9. The maximum Gasteiger partial charge on any atom is 0.408 e. The van der Waals surface area contributed by atoms with Crippen molar-refractivity contribution in [3.63, 3.8) is 0 Å². The summed E-state index contributed by atoms with van der Waals surface area (Å²) in [6.45, 7) is 5.88. The molecule has 0 spiro atoms. The molecule has 0 saturated heterocycles. The lowest BCUT2D eigenvalue weighted by Crippen LogP contribution is -2.44. The number of nitrogens with zero attached hydrogens (tertiary/aromatic N) is 1. The van der Waals surface area contributed by atoms with E-state index < -0.39 is 11.6 Å². The fourth-order valence-electron chi connectivity index (χ4n) is 2.62. The average molecular weight is 358 g/mol. The number of benzene rings is 2. The molecule has 1 aliphatic rings. The molecule has 7 nitrogen and oxygen atoms in total. The summed E-state index contributed by atoms with van der Waals surface area (Å²) in [5.41, 5.74) is 6.68. The Morgan fingerprint density at radius 1 is 1.15 bits per heavy atom. The minimum absolute atomic E-state index is 0.170. The maximum atomic E-state index is 11.6. The third-order valence-electron chi connectivity index (χ3n) is 4.06. The van der Waals surface area contributed by atoms with Gasteiger partial charge in [-0.15, -0.1) is 0 Å². The monoisotopic (exact) mass is 358 g/mol. The average Bonchev–Trinajstić information content (AvgIpc) is 3.01. The molecule has 0 atom stereocenters. The van der Waals surface area contributed by atoms with Crippen LogP contribution in [0.2, 0.25) is 0 Å². The number of rotatable bonds is 4. The molecule has 1 amide bonds. The highest BCUT2D eigenvalue weighted by molar-refractivity contribution is 5.66. The van der Waals surface area contributed by atoms with Crippen LogP contribution in [0.1, 0.15) is 26.3 Å². The molecular weight excluding hydrogens is 336 g/mol. The molecule has 7 heteroatoms. The van der Waals surface area contributed by atoms with E-state index in [-0.39, 0.29) is 13.3 Å². The van der Waals surface area contributed by atoms with Crippen LogP contribution in [0.5, 0.6) is 23.0 Å². The molecule has 0 saturated carbocycles. The van der Waals surface area contributed by atoms with E-state index in [9.17, 15) is 9.90 Å². The summed E-state index contributed by atoms with van der Waals surface area (Å²) < 4.78 is 16.5. The Kier molecular flexibility index (Phi) is 4.54. The predicted octanol–water partition coefficient (Wildman–Crippen LogP) is 4.07. The predicted molar refractivity (Wildman–Crippen MR) is 96.8 cm³/mol. The van der Waals surface area contributed by atoms with Crippen LogP contribution in [0.15, 0.2) is 36.4 Å². The van der Waals surface area contributed by atoms with Gasteiger partial charge in [-0.3, -0.25) is 4.90 Å². The second kappa shape index (κ2) is 6.67. The first-order valence-corrected chi connectivity index (χ1v) is 8.20. The Balaban J connectivity index is 1.82. The molecule has 0 aliphatic carbocycles. The lowest BCUT2D eigenvalue weighted by molar-refractivity contribution is 0.0956. The Hall–Kier alpha value is -3.09. The molecule has 1 heterocycles. The Morgan fingerprint density at radius 2 is 1.81 bits per heavy atom. The molecular formula is C19H22N2O5. The number of carboxylic acid groups (broad SMARTS) is 1. The van der Waals surface area contributed by atoms with Crippen LogP contribution in [0.25, 0.3) is 0 Å². The van der Waals surface area contributed by atoms with E-state index in [1.807, 2.05) is 20.8 Å². The van der Waals surface area contributed by atoms with Gasteiger partial charge in [-0.2, -0.15) is 0 Å². The molecule has 1 aliphatic heterocycles. The van der Waals surface area contributed by atoms with Crippen LogP contribution in [-0.4, -0.2) is 28.4 Å². The highest BCUT2D eigenvalue weighted by Crippen LogP contribution is 2.37. The largest absolute Gasteiger partial charge is 0.465 e. The van der Waals surface area contributed by atoms with Gasteiger partial charge in [-0.25, -0.2) is 4.79 Å². The quantitative estimate of drug-likeness (QED) is 0.800. The number of anilines is 1. The van der Waals surface area contributed by atoms with Gasteiger partial charge in [0.05, 0.1) is 6.54 Å². The summed E-state index contributed by atoms with van der Waals surface area (Å²) >= 11 is 0. The Bertz CT molecular complexity index is 829. The summed E-state index contributed by atoms with van der Waals surface area (Å²) in [6.07, 6.45) is -1.00. The van der Waals surface area contributed by atoms with E-state index >= 15 is 0 Å². The van der Waals surface area contributed by atoms with Crippen molar-refractivity contribution in [2.45, 2.75) is 32.9 Å². The third kappa shape index (κ3) is 3.77. The number of ether oxygens (including phenoxy) is 3. The lowest BCUT2D eigenvalue weighted by atomic mass is 10.0. The molecule has 26 heavy (non-hydrogen) atoms. The second-order valence-electron chi connectivity index (χ2n) is 7.02. The standard InChI is InChI=1S/C19H22N2O5/c1-19(2,3)21(18(22)23)10-12-8-13(4-6-15(12)20)26-14-5-7-16-17(9-14)25-11-24-16/h4-9H,10-11,20H2,1-3H3,(H,22,23). The van der Waals surface area contributed by atoms with Gasteiger partial charge in [0.2, 0.25) is 6.79 Å². The van der Waals surface area contributed by atoms with Crippen LogP contribution in [0, 0.1) is 0 Å². The van der Waals surface area contributed by atoms with Crippen molar-refractivity contribution in [2.75, 3.05) is 12.5 Å². The minimum atomic E-state index is -1.00. The lowest BCUT2D eigenvalue weighted by Gasteiger charge is -2.33. The zero-order valence-electron chi connectivity index (χ0n) is 15.0. The van der Waals surface area contributed by atoms with Crippen LogP contribution in [0.3, 0.4) is 0 Å². The van der Waals surface area contributed by atoms with Crippen molar-refractivity contribution in [1.29, 1.82) is 0 Å². The van der Waals surface area contributed by atoms with E-state index in [2.05, 4.69) is 0 Å². The first-order valence-electron chi connectivity index (χ1n) is 8.20. The second-order valence-corrected chi connectivity index (χ2v) is 7.02. The topological polar surface area (TPSA) is 94.3 Å². The van der Waals surface area contributed by atoms with Crippen molar-refractivity contribution in [3.8, 4) is 23.0 Å². The number of hydrogen-bond acceptors (Lipinski definition) is 5. The third-order valence-corrected chi connectivity index (χ3v) is 4.06. The summed E-state index contributed by atoms with van der Waals surface area (Å²) in [5.74, 6) is 2.46. The fourth-order valence-corrected chi connectivity index (χ4v) is 2.62. The Labute approximate surface area is 151 Å².